The Morgan fingerprint density at radius 3 is 2.75 bits per heavy atom. The fourth-order valence-corrected chi connectivity index (χ4v) is 3.44. The summed E-state index contributed by atoms with van der Waals surface area (Å²) in [5, 5.41) is 4.03. The predicted molar refractivity (Wildman–Crippen MR) is 88.7 cm³/mol. The molecule has 9 heteroatoms. The van der Waals surface area contributed by atoms with E-state index in [4.69, 9.17) is 21.1 Å². The van der Waals surface area contributed by atoms with Gasteiger partial charge in [0.25, 0.3) is 5.91 Å². The summed E-state index contributed by atoms with van der Waals surface area (Å²) in [5.41, 5.74) is 1.43. The Balaban J connectivity index is 1.37. The van der Waals surface area contributed by atoms with E-state index < -0.39 is 0 Å². The van der Waals surface area contributed by atoms with Gasteiger partial charge in [0.15, 0.2) is 11.5 Å². The summed E-state index contributed by atoms with van der Waals surface area (Å²) in [6.07, 6.45) is 0. The molecule has 4 rings (SSSR count). The second kappa shape index (κ2) is 6.54. The van der Waals surface area contributed by atoms with Gasteiger partial charge in [-0.2, -0.15) is 0 Å². The number of hydrogen-bond acceptors (Lipinski definition) is 7. The molecule has 3 heterocycles. The van der Waals surface area contributed by atoms with Crippen LogP contribution in [0.2, 0.25) is 4.34 Å². The molecule has 2 aliphatic rings. The summed E-state index contributed by atoms with van der Waals surface area (Å²) in [5.74, 6) is 1.33. The number of fused-ring (bicyclic) bond motifs is 1. The Morgan fingerprint density at radius 1 is 1.21 bits per heavy atom. The Hall–Kier alpha value is -1.90. The van der Waals surface area contributed by atoms with E-state index in [1.165, 1.54) is 11.5 Å². The molecule has 1 saturated heterocycles. The molecular weight excluding hydrogens is 352 g/mol. The maximum Gasteiger partial charge on any atom is 0.254 e. The first kappa shape index (κ1) is 15.6. The van der Waals surface area contributed by atoms with Crippen molar-refractivity contribution in [1.29, 1.82) is 0 Å². The summed E-state index contributed by atoms with van der Waals surface area (Å²) < 4.78 is 15.1. The van der Waals surface area contributed by atoms with Crippen LogP contribution in [0.3, 0.4) is 0 Å². The van der Waals surface area contributed by atoms with Crippen molar-refractivity contribution in [3.63, 3.8) is 0 Å². The third kappa shape index (κ3) is 3.04. The lowest BCUT2D eigenvalue weighted by molar-refractivity contribution is 0.0626. The summed E-state index contributed by atoms with van der Waals surface area (Å²) in [7, 11) is 0. The van der Waals surface area contributed by atoms with Gasteiger partial charge in [-0.3, -0.25) is 9.69 Å². The smallest absolute Gasteiger partial charge is 0.254 e. The SMILES string of the molecule is O=C(c1ccc2c(c1)OCO2)N1CCN(Cc2nnsc2Cl)CC1. The van der Waals surface area contributed by atoms with Gasteiger partial charge in [0, 0.05) is 49.8 Å². The van der Waals surface area contributed by atoms with Gasteiger partial charge in [0.05, 0.1) is 0 Å². The highest BCUT2D eigenvalue weighted by Crippen LogP contribution is 2.32. The third-order valence-corrected chi connectivity index (χ3v) is 5.15. The molecule has 24 heavy (non-hydrogen) atoms. The Bertz CT molecular complexity index is 761. The lowest BCUT2D eigenvalue weighted by Gasteiger charge is -2.34. The molecule has 1 aromatic heterocycles. The molecule has 0 radical (unpaired) electrons. The van der Waals surface area contributed by atoms with Crippen LogP contribution in [0.5, 0.6) is 11.5 Å². The topological polar surface area (TPSA) is 67.8 Å². The van der Waals surface area contributed by atoms with Crippen molar-refractivity contribution >= 4 is 29.0 Å². The maximum absolute atomic E-state index is 12.6. The molecule has 1 fully saturated rings. The molecule has 1 amide bonds. The summed E-state index contributed by atoms with van der Waals surface area (Å²) in [4.78, 5) is 16.7. The van der Waals surface area contributed by atoms with E-state index in [1.54, 1.807) is 18.2 Å². The highest BCUT2D eigenvalue weighted by atomic mass is 35.5. The molecular formula is C15H15ClN4O3S. The predicted octanol–water partition coefficient (Wildman–Crippen LogP) is 1.88. The van der Waals surface area contributed by atoms with E-state index in [1.807, 2.05) is 4.90 Å². The third-order valence-electron chi connectivity index (χ3n) is 4.16. The number of benzene rings is 1. The normalized spacial score (nSPS) is 17.3. The lowest BCUT2D eigenvalue weighted by atomic mass is 10.1. The zero-order chi connectivity index (χ0) is 16.5. The summed E-state index contributed by atoms with van der Waals surface area (Å²) >= 11 is 7.24. The van der Waals surface area contributed by atoms with Crippen molar-refractivity contribution in [2.24, 2.45) is 0 Å². The second-order valence-electron chi connectivity index (χ2n) is 5.63. The molecule has 2 aromatic rings. The van der Waals surface area contributed by atoms with Gasteiger partial charge in [-0.1, -0.05) is 16.1 Å². The molecule has 1 aromatic carbocycles. The highest BCUT2D eigenvalue weighted by Gasteiger charge is 2.24. The minimum Gasteiger partial charge on any atom is -0.454 e. The Kier molecular flexibility index (Phi) is 4.26. The minimum absolute atomic E-state index is 0.0151. The molecule has 2 aliphatic heterocycles. The van der Waals surface area contributed by atoms with E-state index in [-0.39, 0.29) is 12.7 Å². The largest absolute Gasteiger partial charge is 0.454 e. The number of hydrogen-bond donors (Lipinski definition) is 0. The van der Waals surface area contributed by atoms with Crippen LogP contribution in [0.4, 0.5) is 0 Å². The van der Waals surface area contributed by atoms with Crippen molar-refractivity contribution in [1.82, 2.24) is 19.4 Å². The quantitative estimate of drug-likeness (QED) is 0.826. The van der Waals surface area contributed by atoms with Gasteiger partial charge >= 0.3 is 0 Å². The highest BCUT2D eigenvalue weighted by molar-refractivity contribution is 7.10. The number of carbonyl (C=O) groups is 1. The molecule has 0 N–H and O–H groups in total. The first-order valence-electron chi connectivity index (χ1n) is 7.59. The van der Waals surface area contributed by atoms with E-state index in [2.05, 4.69) is 14.5 Å². The van der Waals surface area contributed by atoms with Crippen LogP contribution >= 0.6 is 23.1 Å². The van der Waals surface area contributed by atoms with Gasteiger partial charge in [0.2, 0.25) is 6.79 Å². The first-order valence-corrected chi connectivity index (χ1v) is 8.74. The molecule has 0 atom stereocenters. The standard InChI is InChI=1S/C15H15ClN4O3S/c16-14-11(17-18-24-14)8-19-3-5-20(6-4-19)15(21)10-1-2-12-13(7-10)23-9-22-12/h1-2,7H,3-6,8-9H2. The maximum atomic E-state index is 12.6. The van der Waals surface area contributed by atoms with Crippen molar-refractivity contribution in [2.75, 3.05) is 33.0 Å². The van der Waals surface area contributed by atoms with Gasteiger partial charge in [-0.05, 0) is 18.2 Å². The average Bonchev–Trinajstić information content (AvgIpc) is 3.23. The molecule has 7 nitrogen and oxygen atoms in total. The van der Waals surface area contributed by atoms with Crippen LogP contribution in [0.15, 0.2) is 18.2 Å². The monoisotopic (exact) mass is 366 g/mol. The molecule has 0 spiro atoms. The Morgan fingerprint density at radius 2 is 2.00 bits per heavy atom. The fraction of sp³-hybridized carbons (Fsp3) is 0.400. The number of nitrogens with zero attached hydrogens (tertiary/aromatic N) is 4. The number of ether oxygens (including phenoxy) is 2. The van der Waals surface area contributed by atoms with Crippen LogP contribution in [-0.4, -0.2) is 58.3 Å². The van der Waals surface area contributed by atoms with Gasteiger partial charge in [-0.15, -0.1) is 5.10 Å². The average molecular weight is 367 g/mol. The van der Waals surface area contributed by atoms with E-state index in [0.717, 1.165) is 18.8 Å². The second-order valence-corrected chi connectivity index (χ2v) is 6.99. The van der Waals surface area contributed by atoms with Crippen molar-refractivity contribution in [3.8, 4) is 11.5 Å². The van der Waals surface area contributed by atoms with Crippen LogP contribution in [0, 0.1) is 0 Å². The number of carbonyl (C=O) groups excluding carboxylic acids is 1. The zero-order valence-corrected chi connectivity index (χ0v) is 14.3. The van der Waals surface area contributed by atoms with Crippen LogP contribution in [0.1, 0.15) is 16.1 Å². The summed E-state index contributed by atoms with van der Waals surface area (Å²) in [6, 6.07) is 5.31. The van der Waals surface area contributed by atoms with Gasteiger partial charge in [0.1, 0.15) is 10.0 Å². The molecule has 0 unspecified atom stereocenters. The minimum atomic E-state index is 0.0151. The molecule has 0 bridgehead atoms. The first-order chi connectivity index (χ1) is 11.7. The van der Waals surface area contributed by atoms with E-state index >= 15 is 0 Å². The Labute approximate surface area is 147 Å². The lowest BCUT2D eigenvalue weighted by Crippen LogP contribution is -2.48. The van der Waals surface area contributed by atoms with Crippen LogP contribution < -0.4 is 9.47 Å². The number of halogens is 1. The zero-order valence-electron chi connectivity index (χ0n) is 12.8. The van der Waals surface area contributed by atoms with E-state index in [9.17, 15) is 4.79 Å². The van der Waals surface area contributed by atoms with Crippen LogP contribution in [-0.2, 0) is 6.54 Å². The number of rotatable bonds is 3. The number of aromatic nitrogens is 2. The fourth-order valence-electron chi connectivity index (χ4n) is 2.82. The number of piperazine rings is 1. The summed E-state index contributed by atoms with van der Waals surface area (Å²) in [6.45, 7) is 3.78. The molecule has 0 aliphatic carbocycles. The molecule has 126 valence electrons. The van der Waals surface area contributed by atoms with Crippen molar-refractivity contribution in [3.05, 3.63) is 33.8 Å². The van der Waals surface area contributed by atoms with Crippen molar-refractivity contribution in [2.45, 2.75) is 6.54 Å². The van der Waals surface area contributed by atoms with Crippen LogP contribution in [0.25, 0.3) is 0 Å². The van der Waals surface area contributed by atoms with Gasteiger partial charge in [-0.25, -0.2) is 0 Å². The van der Waals surface area contributed by atoms with Crippen molar-refractivity contribution < 1.29 is 14.3 Å². The van der Waals surface area contributed by atoms with E-state index in [0.29, 0.717) is 41.0 Å². The molecule has 0 saturated carbocycles. The van der Waals surface area contributed by atoms with Gasteiger partial charge < -0.3 is 14.4 Å². The number of amides is 1.